The highest BCUT2D eigenvalue weighted by Crippen LogP contribution is 2.29. The van der Waals surface area contributed by atoms with Gasteiger partial charge in [0.05, 0.1) is 12.6 Å². The zero-order valence-corrected chi connectivity index (χ0v) is 19.4. The lowest BCUT2D eigenvalue weighted by Crippen LogP contribution is -2.40. The number of aryl methyl sites for hydroxylation is 2. The summed E-state index contributed by atoms with van der Waals surface area (Å²) in [4.78, 5) is 28.4. The van der Waals surface area contributed by atoms with Crippen molar-refractivity contribution >= 4 is 5.91 Å². The summed E-state index contributed by atoms with van der Waals surface area (Å²) in [5, 5.41) is 4.59. The SMILES string of the molecule is Cc1ccc(C(=O)N(CCCN)C(c2nn(C)c(=O)n2Cc2ccccc2)C(C)C)cc1. The molecule has 0 aliphatic heterocycles. The molecule has 1 amide bonds. The zero-order chi connectivity index (χ0) is 23.3. The smallest absolute Gasteiger partial charge is 0.330 e. The van der Waals surface area contributed by atoms with Crippen molar-refractivity contribution < 1.29 is 4.79 Å². The van der Waals surface area contributed by atoms with Crippen molar-refractivity contribution in [1.29, 1.82) is 0 Å². The molecule has 1 aromatic heterocycles. The number of hydrogen-bond donors (Lipinski definition) is 1. The van der Waals surface area contributed by atoms with Crippen molar-refractivity contribution in [3.8, 4) is 0 Å². The average Bonchev–Trinajstić information content (AvgIpc) is 3.05. The molecule has 3 aromatic rings. The monoisotopic (exact) mass is 435 g/mol. The minimum atomic E-state index is -0.368. The van der Waals surface area contributed by atoms with E-state index in [0.717, 1.165) is 11.1 Å². The van der Waals surface area contributed by atoms with Crippen molar-refractivity contribution in [3.63, 3.8) is 0 Å². The van der Waals surface area contributed by atoms with E-state index < -0.39 is 0 Å². The number of nitrogens with two attached hydrogens (primary N) is 1. The molecule has 1 atom stereocenters. The number of rotatable bonds is 9. The molecule has 0 spiro atoms. The van der Waals surface area contributed by atoms with Crippen LogP contribution in [0, 0.1) is 12.8 Å². The minimum Gasteiger partial charge on any atom is -0.330 e. The van der Waals surface area contributed by atoms with Crippen LogP contribution in [-0.2, 0) is 13.6 Å². The average molecular weight is 436 g/mol. The lowest BCUT2D eigenvalue weighted by molar-refractivity contribution is 0.0603. The summed E-state index contributed by atoms with van der Waals surface area (Å²) in [6.45, 7) is 7.45. The first-order valence-electron chi connectivity index (χ1n) is 11.1. The van der Waals surface area contributed by atoms with Gasteiger partial charge in [0, 0.05) is 19.2 Å². The predicted octanol–water partition coefficient (Wildman–Crippen LogP) is 3.13. The molecule has 0 radical (unpaired) electrons. The molecule has 7 nitrogen and oxygen atoms in total. The van der Waals surface area contributed by atoms with Gasteiger partial charge in [0.25, 0.3) is 5.91 Å². The molecule has 0 fully saturated rings. The van der Waals surface area contributed by atoms with E-state index in [9.17, 15) is 9.59 Å². The van der Waals surface area contributed by atoms with Crippen LogP contribution in [-0.4, -0.2) is 38.2 Å². The molecule has 0 aliphatic carbocycles. The van der Waals surface area contributed by atoms with Crippen LogP contribution in [0.5, 0.6) is 0 Å². The molecule has 1 unspecified atom stereocenters. The fraction of sp³-hybridized carbons (Fsp3) is 0.400. The van der Waals surface area contributed by atoms with E-state index in [4.69, 9.17) is 5.73 Å². The molecule has 32 heavy (non-hydrogen) atoms. The predicted molar refractivity (Wildman–Crippen MR) is 126 cm³/mol. The summed E-state index contributed by atoms with van der Waals surface area (Å²) < 4.78 is 3.03. The summed E-state index contributed by atoms with van der Waals surface area (Å²) >= 11 is 0. The van der Waals surface area contributed by atoms with E-state index in [1.165, 1.54) is 4.68 Å². The van der Waals surface area contributed by atoms with E-state index >= 15 is 0 Å². The third-order valence-corrected chi connectivity index (χ3v) is 5.61. The van der Waals surface area contributed by atoms with Crippen LogP contribution in [0.4, 0.5) is 0 Å². The molecule has 1 heterocycles. The molecule has 0 aliphatic rings. The van der Waals surface area contributed by atoms with Crippen LogP contribution < -0.4 is 11.4 Å². The van der Waals surface area contributed by atoms with E-state index in [1.807, 2.05) is 66.4 Å². The highest BCUT2D eigenvalue weighted by molar-refractivity contribution is 5.94. The minimum absolute atomic E-state index is 0.0403. The maximum absolute atomic E-state index is 13.6. The van der Waals surface area contributed by atoms with Gasteiger partial charge in [0.15, 0.2) is 5.82 Å². The van der Waals surface area contributed by atoms with Crippen LogP contribution in [0.15, 0.2) is 59.4 Å². The second kappa shape index (κ2) is 10.4. The van der Waals surface area contributed by atoms with Crippen molar-refractivity contribution in [1.82, 2.24) is 19.2 Å². The molecule has 3 rings (SSSR count). The Labute approximate surface area is 189 Å². The second-order valence-electron chi connectivity index (χ2n) is 8.53. The number of carbonyl (C=O) groups is 1. The van der Waals surface area contributed by atoms with Gasteiger partial charge in [-0.1, -0.05) is 61.9 Å². The van der Waals surface area contributed by atoms with Crippen molar-refractivity contribution in [2.75, 3.05) is 13.1 Å². The van der Waals surface area contributed by atoms with Crippen LogP contribution in [0.1, 0.15) is 53.6 Å². The number of amides is 1. The molecule has 7 heteroatoms. The van der Waals surface area contributed by atoms with Crippen LogP contribution >= 0.6 is 0 Å². The van der Waals surface area contributed by atoms with Gasteiger partial charge in [-0.05, 0) is 43.5 Å². The number of benzene rings is 2. The third-order valence-electron chi connectivity index (χ3n) is 5.61. The van der Waals surface area contributed by atoms with Gasteiger partial charge >= 0.3 is 5.69 Å². The number of carbonyl (C=O) groups excluding carboxylic acids is 1. The summed E-state index contributed by atoms with van der Waals surface area (Å²) in [6, 6.07) is 17.0. The van der Waals surface area contributed by atoms with Gasteiger partial charge in [0.1, 0.15) is 0 Å². The lowest BCUT2D eigenvalue weighted by Gasteiger charge is -2.34. The highest BCUT2D eigenvalue weighted by Gasteiger charge is 2.33. The highest BCUT2D eigenvalue weighted by atomic mass is 16.2. The van der Waals surface area contributed by atoms with Gasteiger partial charge in [-0.2, -0.15) is 5.10 Å². The first kappa shape index (κ1) is 23.5. The molecule has 0 saturated carbocycles. The van der Waals surface area contributed by atoms with Gasteiger partial charge in [-0.15, -0.1) is 0 Å². The molecule has 2 aromatic carbocycles. The standard InChI is InChI=1S/C25H33N5O2/c1-18(2)22(29(16-8-15-26)24(31)21-13-11-19(3)12-14-21)23-27-28(4)25(32)30(23)17-20-9-6-5-7-10-20/h5-7,9-14,18,22H,8,15-17,26H2,1-4H3. The molecule has 170 valence electrons. The van der Waals surface area contributed by atoms with Crippen LogP contribution in [0.25, 0.3) is 0 Å². The Morgan fingerprint density at radius 3 is 2.34 bits per heavy atom. The van der Waals surface area contributed by atoms with E-state index in [-0.39, 0.29) is 23.6 Å². The summed E-state index contributed by atoms with van der Waals surface area (Å²) in [5.41, 5.74) is 8.32. The Hall–Kier alpha value is -3.19. The zero-order valence-electron chi connectivity index (χ0n) is 19.4. The Balaban J connectivity index is 2.07. The first-order valence-corrected chi connectivity index (χ1v) is 11.1. The van der Waals surface area contributed by atoms with Crippen LogP contribution in [0.3, 0.4) is 0 Å². The van der Waals surface area contributed by atoms with E-state index in [0.29, 0.717) is 37.4 Å². The number of nitrogens with zero attached hydrogens (tertiary/aromatic N) is 4. The fourth-order valence-corrected chi connectivity index (χ4v) is 3.94. The summed E-state index contributed by atoms with van der Waals surface area (Å²) in [5.74, 6) is 0.550. The van der Waals surface area contributed by atoms with Crippen molar-refractivity contribution in [3.05, 3.63) is 87.6 Å². The molecule has 0 bridgehead atoms. The summed E-state index contributed by atoms with van der Waals surface area (Å²) in [6.07, 6.45) is 0.663. The van der Waals surface area contributed by atoms with Gasteiger partial charge < -0.3 is 10.6 Å². The van der Waals surface area contributed by atoms with Gasteiger partial charge in [-0.25, -0.2) is 9.48 Å². The van der Waals surface area contributed by atoms with Crippen LogP contribution in [0.2, 0.25) is 0 Å². The molecule has 0 saturated heterocycles. The molecule has 2 N–H and O–H groups in total. The Morgan fingerprint density at radius 2 is 1.75 bits per heavy atom. The topological polar surface area (TPSA) is 86.2 Å². The molecular weight excluding hydrogens is 402 g/mol. The summed E-state index contributed by atoms with van der Waals surface area (Å²) in [7, 11) is 1.65. The normalized spacial score (nSPS) is 12.2. The fourth-order valence-electron chi connectivity index (χ4n) is 3.94. The quantitative estimate of drug-likeness (QED) is 0.559. The first-order chi connectivity index (χ1) is 15.3. The maximum Gasteiger partial charge on any atom is 0.346 e. The second-order valence-corrected chi connectivity index (χ2v) is 8.53. The number of aromatic nitrogens is 3. The van der Waals surface area contributed by atoms with Crippen molar-refractivity contribution in [2.45, 2.75) is 39.8 Å². The lowest BCUT2D eigenvalue weighted by atomic mass is 9.99. The third kappa shape index (κ3) is 5.16. The Morgan fingerprint density at radius 1 is 1.09 bits per heavy atom. The van der Waals surface area contributed by atoms with E-state index in [2.05, 4.69) is 18.9 Å². The van der Waals surface area contributed by atoms with Gasteiger partial charge in [-0.3, -0.25) is 9.36 Å². The Bertz CT molecular complexity index is 1080. The Kier molecular flexibility index (Phi) is 7.64. The number of hydrogen-bond acceptors (Lipinski definition) is 4. The van der Waals surface area contributed by atoms with Crippen molar-refractivity contribution in [2.24, 2.45) is 18.7 Å². The van der Waals surface area contributed by atoms with E-state index in [1.54, 1.807) is 11.6 Å². The molecular formula is C25H33N5O2. The maximum atomic E-state index is 13.6. The largest absolute Gasteiger partial charge is 0.346 e. The van der Waals surface area contributed by atoms with Gasteiger partial charge in [0.2, 0.25) is 0 Å².